The maximum atomic E-state index is 5.88. The Labute approximate surface area is 112 Å². The fourth-order valence-electron chi connectivity index (χ4n) is 1.69. The van der Waals surface area contributed by atoms with E-state index in [1.165, 1.54) is 4.90 Å². The van der Waals surface area contributed by atoms with Gasteiger partial charge in [-0.3, -0.25) is 0 Å². The molecule has 0 aromatic heterocycles. The molecule has 0 saturated carbocycles. The first-order chi connectivity index (χ1) is 8.77. The third kappa shape index (κ3) is 3.44. The Balaban J connectivity index is 1.82. The number of anilines is 1. The highest BCUT2D eigenvalue weighted by molar-refractivity contribution is 7.99. The second-order valence-electron chi connectivity index (χ2n) is 4.00. The van der Waals surface area contributed by atoms with Crippen LogP contribution < -0.4 is 10.5 Å². The zero-order valence-corrected chi connectivity index (χ0v) is 11.2. The van der Waals surface area contributed by atoms with Crippen LogP contribution in [0.2, 0.25) is 0 Å². The van der Waals surface area contributed by atoms with Crippen LogP contribution in [0.25, 0.3) is 0 Å². The number of hydrogen-bond donors (Lipinski definition) is 1. The Morgan fingerprint density at radius 2 is 1.83 bits per heavy atom. The van der Waals surface area contributed by atoms with E-state index in [0.29, 0.717) is 12.3 Å². The van der Waals surface area contributed by atoms with E-state index in [2.05, 4.69) is 12.1 Å². The third-order valence-electron chi connectivity index (χ3n) is 2.58. The molecule has 2 aromatic carbocycles. The molecule has 0 radical (unpaired) electrons. The smallest absolute Gasteiger partial charge is 0.145 e. The average molecular weight is 259 g/mol. The molecule has 0 aliphatic heterocycles. The van der Waals surface area contributed by atoms with E-state index >= 15 is 0 Å². The number of para-hydroxylation sites is 1. The first kappa shape index (κ1) is 12.8. The molecule has 18 heavy (non-hydrogen) atoms. The summed E-state index contributed by atoms with van der Waals surface area (Å²) in [5.41, 5.74) is 7.67. The van der Waals surface area contributed by atoms with Crippen molar-refractivity contribution < 1.29 is 4.74 Å². The van der Waals surface area contributed by atoms with E-state index in [0.717, 1.165) is 17.1 Å². The van der Waals surface area contributed by atoms with Crippen LogP contribution in [0.3, 0.4) is 0 Å². The van der Waals surface area contributed by atoms with Gasteiger partial charge in [0, 0.05) is 10.6 Å². The normalized spacial score (nSPS) is 10.3. The van der Waals surface area contributed by atoms with E-state index < -0.39 is 0 Å². The maximum absolute atomic E-state index is 5.88. The van der Waals surface area contributed by atoms with E-state index in [1.807, 2.05) is 43.3 Å². The topological polar surface area (TPSA) is 35.2 Å². The van der Waals surface area contributed by atoms with Crippen LogP contribution in [-0.4, -0.2) is 12.4 Å². The monoisotopic (exact) mass is 259 g/mol. The summed E-state index contributed by atoms with van der Waals surface area (Å²) >= 11 is 1.79. The molecular formula is C15H17NOS. The van der Waals surface area contributed by atoms with Crippen molar-refractivity contribution in [2.45, 2.75) is 11.8 Å². The number of rotatable bonds is 5. The Bertz CT molecular complexity index is 479. The van der Waals surface area contributed by atoms with Crippen molar-refractivity contribution in [2.75, 3.05) is 18.1 Å². The summed E-state index contributed by atoms with van der Waals surface area (Å²) in [5, 5.41) is 0. The standard InChI is InChI=1S/C15H17NOS/c1-12-6-5-9-14(16)15(12)17-10-11-18-13-7-3-2-4-8-13/h2-9H,10-11,16H2,1H3. The Kier molecular flexibility index (Phi) is 4.53. The summed E-state index contributed by atoms with van der Waals surface area (Å²) in [5.74, 6) is 1.73. The van der Waals surface area contributed by atoms with Crippen molar-refractivity contribution in [3.63, 3.8) is 0 Å². The van der Waals surface area contributed by atoms with Crippen molar-refractivity contribution in [3.8, 4) is 5.75 Å². The Hall–Kier alpha value is -1.61. The summed E-state index contributed by atoms with van der Waals surface area (Å²) in [4.78, 5) is 1.26. The molecule has 2 nitrogen and oxygen atoms in total. The van der Waals surface area contributed by atoms with Gasteiger partial charge in [0.2, 0.25) is 0 Å². The van der Waals surface area contributed by atoms with Gasteiger partial charge in [-0.1, -0.05) is 30.3 Å². The van der Waals surface area contributed by atoms with Crippen molar-refractivity contribution in [1.82, 2.24) is 0 Å². The molecule has 0 heterocycles. The molecule has 94 valence electrons. The number of ether oxygens (including phenoxy) is 1. The highest BCUT2D eigenvalue weighted by Gasteiger charge is 2.03. The first-order valence-corrected chi connectivity index (χ1v) is 6.91. The number of nitrogen functional groups attached to an aromatic ring is 1. The highest BCUT2D eigenvalue weighted by atomic mass is 32.2. The van der Waals surface area contributed by atoms with Gasteiger partial charge in [-0.25, -0.2) is 0 Å². The average Bonchev–Trinajstić information content (AvgIpc) is 2.38. The van der Waals surface area contributed by atoms with Gasteiger partial charge in [0.05, 0.1) is 12.3 Å². The summed E-state index contributed by atoms with van der Waals surface area (Å²) in [6, 6.07) is 16.1. The Morgan fingerprint density at radius 1 is 1.06 bits per heavy atom. The van der Waals surface area contributed by atoms with Gasteiger partial charge in [-0.2, -0.15) is 0 Å². The molecule has 0 aliphatic carbocycles. The lowest BCUT2D eigenvalue weighted by Crippen LogP contribution is -2.03. The minimum atomic E-state index is 0.661. The van der Waals surface area contributed by atoms with Crippen LogP contribution in [0.1, 0.15) is 5.56 Å². The molecule has 0 spiro atoms. The molecule has 3 heteroatoms. The summed E-state index contributed by atoms with van der Waals surface area (Å²) < 4.78 is 5.74. The third-order valence-corrected chi connectivity index (χ3v) is 3.56. The molecule has 0 saturated heterocycles. The van der Waals surface area contributed by atoms with E-state index in [1.54, 1.807) is 11.8 Å². The molecule has 2 aromatic rings. The van der Waals surface area contributed by atoms with Crippen LogP contribution in [-0.2, 0) is 0 Å². The second-order valence-corrected chi connectivity index (χ2v) is 5.17. The minimum Gasteiger partial charge on any atom is -0.490 e. The number of aryl methyl sites for hydroxylation is 1. The van der Waals surface area contributed by atoms with Gasteiger partial charge in [-0.15, -0.1) is 11.8 Å². The van der Waals surface area contributed by atoms with Crippen LogP contribution in [0.4, 0.5) is 5.69 Å². The van der Waals surface area contributed by atoms with E-state index in [9.17, 15) is 0 Å². The van der Waals surface area contributed by atoms with Gasteiger partial charge in [0.1, 0.15) is 5.75 Å². The molecule has 0 fully saturated rings. The summed E-state index contributed by atoms with van der Waals surface area (Å²) in [7, 11) is 0. The van der Waals surface area contributed by atoms with Crippen molar-refractivity contribution in [2.24, 2.45) is 0 Å². The van der Waals surface area contributed by atoms with Crippen molar-refractivity contribution in [3.05, 3.63) is 54.1 Å². The van der Waals surface area contributed by atoms with Crippen LogP contribution >= 0.6 is 11.8 Å². The lowest BCUT2D eigenvalue weighted by molar-refractivity contribution is 0.343. The van der Waals surface area contributed by atoms with Gasteiger partial charge in [0.15, 0.2) is 0 Å². The molecule has 0 bridgehead atoms. The lowest BCUT2D eigenvalue weighted by Gasteiger charge is -2.11. The van der Waals surface area contributed by atoms with Gasteiger partial charge in [-0.05, 0) is 30.7 Å². The molecule has 0 aliphatic rings. The second kappa shape index (κ2) is 6.36. The zero-order chi connectivity index (χ0) is 12.8. The molecule has 2 rings (SSSR count). The molecule has 0 unspecified atom stereocenters. The van der Waals surface area contributed by atoms with Gasteiger partial charge < -0.3 is 10.5 Å². The number of benzene rings is 2. The quantitative estimate of drug-likeness (QED) is 0.504. The lowest BCUT2D eigenvalue weighted by atomic mass is 10.2. The van der Waals surface area contributed by atoms with Crippen LogP contribution in [0.5, 0.6) is 5.75 Å². The SMILES string of the molecule is Cc1cccc(N)c1OCCSc1ccccc1. The molecule has 0 atom stereocenters. The maximum Gasteiger partial charge on any atom is 0.145 e. The first-order valence-electron chi connectivity index (χ1n) is 5.93. The highest BCUT2D eigenvalue weighted by Crippen LogP contribution is 2.26. The molecular weight excluding hydrogens is 242 g/mol. The molecule has 0 amide bonds. The number of nitrogens with two attached hydrogens (primary N) is 1. The van der Waals surface area contributed by atoms with Crippen LogP contribution in [0.15, 0.2) is 53.4 Å². The van der Waals surface area contributed by atoms with Crippen molar-refractivity contribution in [1.29, 1.82) is 0 Å². The fraction of sp³-hybridized carbons (Fsp3) is 0.200. The fourth-order valence-corrected chi connectivity index (χ4v) is 2.44. The summed E-state index contributed by atoms with van der Waals surface area (Å²) in [6.45, 7) is 2.67. The minimum absolute atomic E-state index is 0.661. The van der Waals surface area contributed by atoms with Crippen LogP contribution in [0, 0.1) is 6.92 Å². The Morgan fingerprint density at radius 3 is 2.56 bits per heavy atom. The van der Waals surface area contributed by atoms with E-state index in [-0.39, 0.29) is 0 Å². The van der Waals surface area contributed by atoms with Gasteiger partial charge in [0.25, 0.3) is 0 Å². The number of hydrogen-bond acceptors (Lipinski definition) is 3. The molecule has 2 N–H and O–H groups in total. The zero-order valence-electron chi connectivity index (χ0n) is 10.4. The summed E-state index contributed by atoms with van der Waals surface area (Å²) in [6.07, 6.45) is 0. The largest absolute Gasteiger partial charge is 0.490 e. The van der Waals surface area contributed by atoms with Crippen molar-refractivity contribution >= 4 is 17.4 Å². The predicted octanol–water partition coefficient (Wildman–Crippen LogP) is 3.75. The van der Waals surface area contributed by atoms with Gasteiger partial charge >= 0.3 is 0 Å². The van der Waals surface area contributed by atoms with E-state index in [4.69, 9.17) is 10.5 Å². The number of thioether (sulfide) groups is 1. The predicted molar refractivity (Wildman–Crippen MR) is 78.3 cm³/mol.